The molecular formula is C40H23NO. The molecular weight excluding hydrogens is 510 g/mol. The Morgan fingerprint density at radius 1 is 0.500 bits per heavy atom. The Balaban J connectivity index is 1.43. The van der Waals surface area contributed by atoms with Crippen molar-refractivity contribution in [3.63, 3.8) is 0 Å². The average Bonchev–Trinajstić information content (AvgIpc) is 3.50. The molecule has 2 aliphatic carbocycles. The van der Waals surface area contributed by atoms with Crippen molar-refractivity contribution >= 4 is 39.8 Å². The molecule has 0 fully saturated rings. The first-order valence-corrected chi connectivity index (χ1v) is 14.2. The number of hydrogen-bond donors (Lipinski definition) is 0. The van der Waals surface area contributed by atoms with Gasteiger partial charge in [-0.1, -0.05) is 115 Å². The van der Waals surface area contributed by atoms with Gasteiger partial charge in [-0.25, -0.2) is 4.85 Å². The van der Waals surface area contributed by atoms with Gasteiger partial charge in [0.1, 0.15) is 11.2 Å². The van der Waals surface area contributed by atoms with Crippen molar-refractivity contribution < 1.29 is 4.42 Å². The molecule has 0 aliphatic heterocycles. The molecule has 0 bridgehead atoms. The minimum atomic E-state index is -0.541. The highest BCUT2D eigenvalue weighted by molar-refractivity contribution is 6.08. The topological polar surface area (TPSA) is 17.5 Å². The Morgan fingerprint density at radius 2 is 1.21 bits per heavy atom. The normalized spacial score (nSPS) is 16.1. The molecule has 0 amide bonds. The van der Waals surface area contributed by atoms with Crippen LogP contribution in [0.4, 0.5) is 5.69 Å². The van der Waals surface area contributed by atoms with Crippen LogP contribution in [0, 0.1) is 6.57 Å². The molecule has 1 spiro atoms. The van der Waals surface area contributed by atoms with E-state index in [0.717, 1.165) is 33.1 Å². The van der Waals surface area contributed by atoms with Crippen molar-refractivity contribution in [2.75, 3.05) is 0 Å². The van der Waals surface area contributed by atoms with Crippen LogP contribution in [0.3, 0.4) is 0 Å². The number of fused-ring (bicyclic) bond motifs is 12. The average molecular weight is 534 g/mol. The van der Waals surface area contributed by atoms with Crippen molar-refractivity contribution in [1.29, 1.82) is 0 Å². The van der Waals surface area contributed by atoms with Gasteiger partial charge in [-0.3, -0.25) is 0 Å². The number of para-hydroxylation sites is 1. The first-order chi connectivity index (χ1) is 20.8. The van der Waals surface area contributed by atoms with Crippen LogP contribution < -0.4 is 0 Å². The molecule has 194 valence electrons. The van der Waals surface area contributed by atoms with Crippen LogP contribution in [0.15, 0.2) is 132 Å². The van der Waals surface area contributed by atoms with Gasteiger partial charge < -0.3 is 4.42 Å². The van der Waals surface area contributed by atoms with Gasteiger partial charge in [-0.05, 0) is 79.9 Å². The van der Waals surface area contributed by atoms with E-state index < -0.39 is 5.41 Å². The van der Waals surface area contributed by atoms with Gasteiger partial charge in [0.25, 0.3) is 0 Å². The van der Waals surface area contributed by atoms with Crippen LogP contribution in [0.1, 0.15) is 33.4 Å². The lowest BCUT2D eigenvalue weighted by molar-refractivity contribution is 0.666. The maximum atomic E-state index is 7.39. The molecule has 0 saturated carbocycles. The summed E-state index contributed by atoms with van der Waals surface area (Å²) in [6.07, 6.45) is 4.52. The van der Waals surface area contributed by atoms with Crippen LogP contribution in [0.25, 0.3) is 61.2 Å². The molecule has 42 heavy (non-hydrogen) atoms. The van der Waals surface area contributed by atoms with E-state index in [0.29, 0.717) is 5.69 Å². The number of nitrogens with zero attached hydrogens (tertiary/aromatic N) is 1. The molecule has 0 radical (unpaired) electrons. The summed E-state index contributed by atoms with van der Waals surface area (Å²) in [5.41, 5.74) is 14.1. The molecule has 2 heteroatoms. The summed E-state index contributed by atoms with van der Waals surface area (Å²) in [6.45, 7) is 7.39. The van der Waals surface area contributed by atoms with E-state index in [1.165, 1.54) is 44.5 Å². The summed E-state index contributed by atoms with van der Waals surface area (Å²) in [5.74, 6) is 0. The van der Waals surface area contributed by atoms with Gasteiger partial charge >= 0.3 is 0 Å². The number of rotatable bonds is 1. The molecule has 1 aromatic heterocycles. The Morgan fingerprint density at radius 3 is 2.07 bits per heavy atom. The van der Waals surface area contributed by atoms with Gasteiger partial charge in [-0.2, -0.15) is 0 Å². The van der Waals surface area contributed by atoms with Crippen LogP contribution >= 0.6 is 0 Å². The first kappa shape index (κ1) is 23.1. The molecule has 1 unspecified atom stereocenters. The fourth-order valence-corrected chi connectivity index (χ4v) is 7.32. The van der Waals surface area contributed by atoms with Gasteiger partial charge in [0.2, 0.25) is 0 Å². The SMILES string of the molecule is [C-]#[N+]c1ccc(-c2ccc3c(c2)C2(c4ccccc4C=C3)c3ccccc3-c3cc4c(cc32)oc2ccccc24)cc1. The number of furan rings is 1. The fourth-order valence-electron chi connectivity index (χ4n) is 7.32. The Labute approximate surface area is 243 Å². The van der Waals surface area contributed by atoms with E-state index in [-0.39, 0.29) is 0 Å². The molecule has 1 heterocycles. The smallest absolute Gasteiger partial charge is 0.187 e. The monoisotopic (exact) mass is 533 g/mol. The third-order valence-electron chi connectivity index (χ3n) is 9.14. The summed E-state index contributed by atoms with van der Waals surface area (Å²) >= 11 is 0. The third-order valence-corrected chi connectivity index (χ3v) is 9.14. The second-order valence-corrected chi connectivity index (χ2v) is 11.2. The maximum absolute atomic E-state index is 7.39. The second kappa shape index (κ2) is 8.43. The summed E-state index contributed by atoms with van der Waals surface area (Å²) in [4.78, 5) is 3.59. The fraction of sp³-hybridized carbons (Fsp3) is 0.0250. The van der Waals surface area contributed by atoms with Crippen LogP contribution in [0.5, 0.6) is 0 Å². The Bertz CT molecular complexity index is 2310. The van der Waals surface area contributed by atoms with Crippen molar-refractivity contribution in [3.05, 3.63) is 172 Å². The summed E-state index contributed by atoms with van der Waals surface area (Å²) in [7, 11) is 0. The molecule has 2 aliphatic rings. The van der Waals surface area contributed by atoms with Crippen molar-refractivity contribution in [2.24, 2.45) is 0 Å². The summed E-state index contributed by atoms with van der Waals surface area (Å²) < 4.78 is 6.49. The number of benzene rings is 6. The predicted molar refractivity (Wildman–Crippen MR) is 172 cm³/mol. The summed E-state index contributed by atoms with van der Waals surface area (Å²) in [6, 6.07) is 45.4. The van der Waals surface area contributed by atoms with Gasteiger partial charge in [0.15, 0.2) is 5.69 Å². The lowest BCUT2D eigenvalue weighted by atomic mass is 9.65. The highest BCUT2D eigenvalue weighted by atomic mass is 16.3. The van der Waals surface area contributed by atoms with Gasteiger partial charge in [-0.15, -0.1) is 0 Å². The molecule has 1 atom stereocenters. The largest absolute Gasteiger partial charge is 0.456 e. The van der Waals surface area contributed by atoms with Gasteiger partial charge in [0.05, 0.1) is 12.0 Å². The molecule has 0 saturated heterocycles. The lowest BCUT2D eigenvalue weighted by Gasteiger charge is -2.35. The molecule has 0 N–H and O–H groups in total. The third kappa shape index (κ3) is 2.97. The van der Waals surface area contributed by atoms with Crippen LogP contribution in [-0.4, -0.2) is 0 Å². The zero-order valence-corrected chi connectivity index (χ0v) is 22.6. The minimum Gasteiger partial charge on any atom is -0.456 e. The summed E-state index contributed by atoms with van der Waals surface area (Å²) in [5, 5.41) is 2.28. The standard InChI is InChI=1S/C40H23NO/c1-41-29-20-18-25(19-21-29)28-17-16-27-15-14-26-8-2-5-11-34(26)40(36(27)22-28)35-12-6-3-9-30(35)32-23-33-31-10-4-7-13-38(31)42-39(33)24-37(32)40/h2-24H. The highest BCUT2D eigenvalue weighted by Gasteiger charge is 2.49. The van der Waals surface area contributed by atoms with E-state index in [1.54, 1.807) is 0 Å². The first-order valence-electron chi connectivity index (χ1n) is 14.2. The van der Waals surface area contributed by atoms with Crippen molar-refractivity contribution in [1.82, 2.24) is 0 Å². The van der Waals surface area contributed by atoms with Crippen LogP contribution in [-0.2, 0) is 5.41 Å². The number of hydrogen-bond acceptors (Lipinski definition) is 1. The molecule has 2 nitrogen and oxygen atoms in total. The molecule has 6 aromatic carbocycles. The van der Waals surface area contributed by atoms with E-state index in [1.807, 2.05) is 18.2 Å². The molecule has 9 rings (SSSR count). The van der Waals surface area contributed by atoms with E-state index >= 15 is 0 Å². The van der Waals surface area contributed by atoms with E-state index in [2.05, 4.69) is 126 Å². The van der Waals surface area contributed by atoms with Crippen molar-refractivity contribution in [3.8, 4) is 22.3 Å². The zero-order valence-electron chi connectivity index (χ0n) is 22.6. The zero-order chi connectivity index (χ0) is 27.8. The van der Waals surface area contributed by atoms with Crippen LogP contribution in [0.2, 0.25) is 0 Å². The molecule has 7 aromatic rings. The highest BCUT2D eigenvalue weighted by Crippen LogP contribution is 2.59. The minimum absolute atomic E-state index is 0.541. The van der Waals surface area contributed by atoms with Crippen molar-refractivity contribution in [2.45, 2.75) is 5.41 Å². The lowest BCUT2D eigenvalue weighted by Crippen LogP contribution is -2.30. The predicted octanol–water partition coefficient (Wildman–Crippen LogP) is 10.7. The Hall–Kier alpha value is -5.65. The van der Waals surface area contributed by atoms with E-state index in [4.69, 9.17) is 11.0 Å². The van der Waals surface area contributed by atoms with Gasteiger partial charge in [0, 0.05) is 10.8 Å². The van der Waals surface area contributed by atoms with E-state index in [9.17, 15) is 0 Å². The quantitative estimate of drug-likeness (QED) is 0.192. The second-order valence-electron chi connectivity index (χ2n) is 11.2. The maximum Gasteiger partial charge on any atom is 0.187 e. The Kier molecular flexibility index (Phi) is 4.63.